The highest BCUT2D eigenvalue weighted by atomic mass is 16.1. The van der Waals surface area contributed by atoms with E-state index in [0.717, 1.165) is 18.4 Å². The van der Waals surface area contributed by atoms with Crippen molar-refractivity contribution in [1.29, 1.82) is 0 Å². The maximum Gasteiger partial charge on any atom is 0.155 e. The Morgan fingerprint density at radius 2 is 1.94 bits per heavy atom. The number of fused-ring (bicyclic) bond motifs is 1. The van der Waals surface area contributed by atoms with Crippen molar-refractivity contribution in [2.45, 2.75) is 53.4 Å². The van der Waals surface area contributed by atoms with Gasteiger partial charge in [0.15, 0.2) is 5.78 Å². The summed E-state index contributed by atoms with van der Waals surface area (Å²) in [4.78, 5) is 11.5. The zero-order valence-electron chi connectivity index (χ0n) is 10.9. The molecule has 0 spiro atoms. The van der Waals surface area contributed by atoms with Crippen molar-refractivity contribution in [2.75, 3.05) is 0 Å². The first-order valence-corrected chi connectivity index (χ1v) is 6.39. The van der Waals surface area contributed by atoms with Gasteiger partial charge in [0.25, 0.3) is 0 Å². The molecule has 0 aromatic rings. The summed E-state index contributed by atoms with van der Waals surface area (Å²) >= 11 is 0. The molecule has 0 saturated carbocycles. The average molecular weight is 218 g/mol. The molecule has 0 N–H and O–H groups in total. The van der Waals surface area contributed by atoms with Crippen molar-refractivity contribution in [3.05, 3.63) is 22.8 Å². The van der Waals surface area contributed by atoms with Crippen LogP contribution in [0.1, 0.15) is 53.4 Å². The second-order valence-corrected chi connectivity index (χ2v) is 5.88. The van der Waals surface area contributed by atoms with E-state index < -0.39 is 0 Å². The number of hydrogen-bond acceptors (Lipinski definition) is 1. The van der Waals surface area contributed by atoms with Crippen LogP contribution in [0.3, 0.4) is 0 Å². The number of Topliss-reactive ketones (excluding diaryl/α,β-unsaturated/α-hetero) is 1. The van der Waals surface area contributed by atoms with Gasteiger partial charge >= 0.3 is 0 Å². The van der Waals surface area contributed by atoms with Crippen LogP contribution in [-0.2, 0) is 4.79 Å². The predicted octanol–water partition coefficient (Wildman–Crippen LogP) is 4.05. The lowest BCUT2D eigenvalue weighted by atomic mass is 9.72. The molecule has 0 aliphatic heterocycles. The molecule has 0 aromatic carbocycles. The van der Waals surface area contributed by atoms with Crippen LogP contribution in [0.25, 0.3) is 0 Å². The molecule has 0 saturated heterocycles. The van der Waals surface area contributed by atoms with E-state index in [2.05, 4.69) is 26.8 Å². The van der Waals surface area contributed by atoms with E-state index >= 15 is 0 Å². The zero-order chi connectivity index (χ0) is 11.9. The SMILES string of the molecule is CC(=O)C1=CC2=C(C(C)C)CC[C@@]2(C)CC1. The third-order valence-electron chi connectivity index (χ3n) is 4.36. The van der Waals surface area contributed by atoms with E-state index in [1.807, 2.05) is 0 Å². The van der Waals surface area contributed by atoms with Gasteiger partial charge in [-0.25, -0.2) is 0 Å². The fourth-order valence-electron chi connectivity index (χ4n) is 3.13. The Morgan fingerprint density at radius 3 is 2.50 bits per heavy atom. The Kier molecular flexibility index (Phi) is 2.81. The van der Waals surface area contributed by atoms with Crippen molar-refractivity contribution in [3.8, 4) is 0 Å². The van der Waals surface area contributed by atoms with Gasteiger partial charge in [-0.1, -0.05) is 32.4 Å². The normalized spacial score (nSPS) is 29.4. The number of hydrogen-bond donors (Lipinski definition) is 0. The molecule has 0 amide bonds. The highest BCUT2D eigenvalue weighted by molar-refractivity contribution is 5.94. The Labute approximate surface area is 98.6 Å². The monoisotopic (exact) mass is 218 g/mol. The van der Waals surface area contributed by atoms with Gasteiger partial charge in [-0.3, -0.25) is 4.79 Å². The van der Waals surface area contributed by atoms with Crippen molar-refractivity contribution in [3.63, 3.8) is 0 Å². The van der Waals surface area contributed by atoms with E-state index in [1.165, 1.54) is 18.4 Å². The average Bonchev–Trinajstić information content (AvgIpc) is 2.53. The molecule has 88 valence electrons. The van der Waals surface area contributed by atoms with Gasteiger partial charge in [0.05, 0.1) is 0 Å². The maximum atomic E-state index is 11.5. The molecule has 1 atom stereocenters. The Balaban J connectivity index is 2.46. The van der Waals surface area contributed by atoms with Gasteiger partial charge in [-0.15, -0.1) is 0 Å². The smallest absolute Gasteiger partial charge is 0.155 e. The predicted molar refractivity (Wildman–Crippen MR) is 67.2 cm³/mol. The van der Waals surface area contributed by atoms with Gasteiger partial charge in [0.1, 0.15) is 0 Å². The van der Waals surface area contributed by atoms with Crippen LogP contribution in [-0.4, -0.2) is 5.78 Å². The zero-order valence-corrected chi connectivity index (χ0v) is 10.9. The van der Waals surface area contributed by atoms with Crippen LogP contribution in [0.4, 0.5) is 0 Å². The van der Waals surface area contributed by atoms with Crippen molar-refractivity contribution in [2.24, 2.45) is 11.3 Å². The maximum absolute atomic E-state index is 11.5. The summed E-state index contributed by atoms with van der Waals surface area (Å²) in [6.45, 7) is 8.60. The second kappa shape index (κ2) is 3.87. The van der Waals surface area contributed by atoms with Crippen LogP contribution in [0.2, 0.25) is 0 Å². The quantitative estimate of drug-likeness (QED) is 0.683. The third-order valence-corrected chi connectivity index (χ3v) is 4.36. The standard InChI is InChI=1S/C15H22O/c1-10(2)13-6-8-15(4)7-5-12(11(3)16)9-14(13)15/h9-10H,5-8H2,1-4H3/t15-/m1/s1. The largest absolute Gasteiger partial charge is 0.295 e. The molecular formula is C15H22O. The van der Waals surface area contributed by atoms with Gasteiger partial charge in [0, 0.05) is 0 Å². The summed E-state index contributed by atoms with van der Waals surface area (Å²) in [7, 11) is 0. The number of allylic oxidation sites excluding steroid dienone is 4. The minimum Gasteiger partial charge on any atom is -0.295 e. The molecule has 0 heterocycles. The number of carbonyl (C=O) groups excluding carboxylic acids is 1. The molecule has 0 radical (unpaired) electrons. The fraction of sp³-hybridized carbons (Fsp3) is 0.667. The lowest BCUT2D eigenvalue weighted by molar-refractivity contribution is -0.113. The minimum atomic E-state index is 0.254. The molecule has 0 fully saturated rings. The summed E-state index contributed by atoms with van der Waals surface area (Å²) in [6, 6.07) is 0. The molecule has 0 aromatic heterocycles. The van der Waals surface area contributed by atoms with E-state index in [0.29, 0.717) is 11.3 Å². The molecule has 0 bridgehead atoms. The highest BCUT2D eigenvalue weighted by Gasteiger charge is 2.38. The lowest BCUT2D eigenvalue weighted by Crippen LogP contribution is -2.20. The Morgan fingerprint density at radius 1 is 1.31 bits per heavy atom. The summed E-state index contributed by atoms with van der Waals surface area (Å²) < 4.78 is 0. The molecule has 16 heavy (non-hydrogen) atoms. The van der Waals surface area contributed by atoms with Crippen molar-refractivity contribution < 1.29 is 4.79 Å². The molecule has 2 aliphatic carbocycles. The summed E-state index contributed by atoms with van der Waals surface area (Å²) in [6.07, 6.45) is 6.83. The van der Waals surface area contributed by atoms with Crippen LogP contribution in [0, 0.1) is 11.3 Å². The molecule has 1 heteroatoms. The molecule has 2 aliphatic rings. The summed E-state index contributed by atoms with van der Waals surface area (Å²) in [5.41, 5.74) is 4.46. The van der Waals surface area contributed by atoms with E-state index in [4.69, 9.17) is 0 Å². The van der Waals surface area contributed by atoms with Gasteiger partial charge in [-0.2, -0.15) is 0 Å². The minimum absolute atomic E-state index is 0.254. The van der Waals surface area contributed by atoms with Crippen molar-refractivity contribution in [1.82, 2.24) is 0 Å². The van der Waals surface area contributed by atoms with E-state index in [-0.39, 0.29) is 5.78 Å². The number of ketones is 1. The highest BCUT2D eigenvalue weighted by Crippen LogP contribution is 2.51. The third kappa shape index (κ3) is 1.77. The fourth-order valence-corrected chi connectivity index (χ4v) is 3.13. The first kappa shape index (κ1) is 11.6. The number of rotatable bonds is 2. The van der Waals surface area contributed by atoms with E-state index in [1.54, 1.807) is 12.5 Å². The Bertz CT molecular complexity index is 384. The van der Waals surface area contributed by atoms with Gasteiger partial charge in [-0.05, 0) is 55.1 Å². The first-order valence-electron chi connectivity index (χ1n) is 6.39. The van der Waals surface area contributed by atoms with Crippen LogP contribution < -0.4 is 0 Å². The van der Waals surface area contributed by atoms with Crippen LogP contribution >= 0.6 is 0 Å². The molecule has 1 nitrogen and oxygen atoms in total. The molecule has 0 unspecified atom stereocenters. The second-order valence-electron chi connectivity index (χ2n) is 5.88. The van der Waals surface area contributed by atoms with Crippen LogP contribution in [0.5, 0.6) is 0 Å². The summed E-state index contributed by atoms with van der Waals surface area (Å²) in [5.74, 6) is 0.879. The lowest BCUT2D eigenvalue weighted by Gasteiger charge is -2.31. The van der Waals surface area contributed by atoms with E-state index in [9.17, 15) is 4.79 Å². The summed E-state index contributed by atoms with van der Waals surface area (Å²) in [5, 5.41) is 0. The number of carbonyl (C=O) groups is 1. The topological polar surface area (TPSA) is 17.1 Å². The van der Waals surface area contributed by atoms with Gasteiger partial charge in [0.2, 0.25) is 0 Å². The first-order chi connectivity index (χ1) is 7.44. The Hall–Kier alpha value is -0.850. The molecular weight excluding hydrogens is 196 g/mol. The molecule has 2 rings (SSSR count). The van der Waals surface area contributed by atoms with Gasteiger partial charge < -0.3 is 0 Å². The van der Waals surface area contributed by atoms with Crippen LogP contribution in [0.15, 0.2) is 22.8 Å². The van der Waals surface area contributed by atoms with Crippen molar-refractivity contribution >= 4 is 5.78 Å².